The largest absolute Gasteiger partial charge is 0.469 e. The molecule has 0 aromatic heterocycles. The minimum absolute atomic E-state index is 0.0512. The molecule has 10 rings (SSSR count). The number of hydrogen-bond donors (Lipinski definition) is 8. The second-order valence-corrected chi connectivity index (χ2v) is 25.4. The van der Waals surface area contributed by atoms with Gasteiger partial charge in [0, 0.05) is 33.5 Å². The van der Waals surface area contributed by atoms with Crippen molar-refractivity contribution in [3.8, 4) is 0 Å². The summed E-state index contributed by atoms with van der Waals surface area (Å²) in [4.78, 5) is 78.2. The van der Waals surface area contributed by atoms with E-state index in [0.717, 1.165) is 56.5 Å². The maximum absolute atomic E-state index is 13.4. The topological polar surface area (TPSA) is 292 Å². The molecule has 3 amide bonds. The highest BCUT2D eigenvalue weighted by Gasteiger charge is 2.33. The molecular weight excluding hydrogens is 1340 g/mol. The van der Waals surface area contributed by atoms with Crippen LogP contribution in [-0.4, -0.2) is 86.8 Å². The molecule has 17 heteroatoms. The van der Waals surface area contributed by atoms with Gasteiger partial charge < -0.3 is 47.4 Å². The van der Waals surface area contributed by atoms with E-state index in [2.05, 4.69) is 34.7 Å². The number of carbonyl (C=O) groups excluding carboxylic acids is 6. The number of hydrogen-bond acceptors (Lipinski definition) is 12. The van der Waals surface area contributed by atoms with Crippen LogP contribution in [0.5, 0.6) is 0 Å². The average molecular weight is 1430 g/mol. The number of amidine groups is 2. The number of esters is 3. The fourth-order valence-corrected chi connectivity index (χ4v) is 11.8. The monoisotopic (exact) mass is 1430 g/mol. The van der Waals surface area contributed by atoms with E-state index >= 15 is 0 Å². The van der Waals surface area contributed by atoms with Gasteiger partial charge in [0.15, 0.2) is 0 Å². The number of amides is 3. The zero-order chi connectivity index (χ0) is 76.5. The van der Waals surface area contributed by atoms with E-state index < -0.39 is 53.8 Å². The fourth-order valence-electron chi connectivity index (χ4n) is 11.8. The van der Waals surface area contributed by atoms with Gasteiger partial charge in [-0.2, -0.15) is 0 Å². The summed E-state index contributed by atoms with van der Waals surface area (Å²) in [5.74, 6) is -4.31. The lowest BCUT2D eigenvalue weighted by Crippen LogP contribution is -2.43. The summed E-state index contributed by atoms with van der Waals surface area (Å²) in [5, 5.41) is 24.5. The molecular formula is C90H90N8O9. The maximum atomic E-state index is 13.4. The van der Waals surface area contributed by atoms with Gasteiger partial charge in [0.25, 0.3) is 17.7 Å². The highest BCUT2D eigenvalue weighted by atomic mass is 16.5. The first-order chi connectivity index (χ1) is 51.8. The first-order valence-corrected chi connectivity index (χ1v) is 34.8. The number of benzene rings is 10. The highest BCUT2D eigenvalue weighted by Crippen LogP contribution is 2.24. The van der Waals surface area contributed by atoms with E-state index in [0.29, 0.717) is 52.8 Å². The first-order valence-electron chi connectivity index (χ1n) is 34.8. The van der Waals surface area contributed by atoms with Crippen molar-refractivity contribution in [2.45, 2.75) is 50.7 Å². The van der Waals surface area contributed by atoms with Crippen LogP contribution in [0.4, 0.5) is 0 Å². The summed E-state index contributed by atoms with van der Waals surface area (Å²) < 4.78 is 15.4. The lowest BCUT2D eigenvalue weighted by Gasteiger charge is -2.24. The number of methoxy groups -OCH3 is 3. The molecule has 6 atom stereocenters. The first kappa shape index (κ1) is 79.4. The van der Waals surface area contributed by atoms with Crippen LogP contribution in [0.1, 0.15) is 97.8 Å². The molecule has 17 nitrogen and oxygen atoms in total. The summed E-state index contributed by atoms with van der Waals surface area (Å²) in [5.41, 5.74) is 29.7. The summed E-state index contributed by atoms with van der Waals surface area (Å²) in [7, 11) is 4.03. The number of carbonyl (C=O) groups is 6. The Labute approximate surface area is 625 Å². The molecule has 10 aromatic carbocycles. The Bertz CT molecular complexity index is 4720. The molecule has 107 heavy (non-hydrogen) atoms. The molecule has 0 fully saturated rings. The van der Waals surface area contributed by atoms with Crippen LogP contribution in [0.15, 0.2) is 298 Å². The van der Waals surface area contributed by atoms with E-state index in [-0.39, 0.29) is 29.4 Å². The van der Waals surface area contributed by atoms with Gasteiger partial charge in [-0.15, -0.1) is 0 Å². The number of nitrogens with one attached hydrogen (secondary N) is 5. The van der Waals surface area contributed by atoms with Crippen LogP contribution in [0.3, 0.4) is 0 Å². The predicted octanol–water partition coefficient (Wildman–Crippen LogP) is 14.0. The van der Waals surface area contributed by atoms with Crippen molar-refractivity contribution in [1.82, 2.24) is 16.0 Å². The SMILES string of the molecule is C=C(N)c1cccc(CC(C(=O)OC)C(/C=C/c2ccccc2)NC(=O)c2ccc(Cc3ccccc3)cc2)c1.COC(=O)C(Cc1cccc(C(=N)N)c1)C(/C=C/c1ccccc1)NC(=O)c1cccc(C)c1.COC(=O)C(Cc1cccc(C(=N)N)c1)C(/C=C/c1ccccc1)NC(=O)c1ccccc1. The van der Waals surface area contributed by atoms with Crippen molar-refractivity contribution >= 4 is 71.2 Å². The third-order valence-corrected chi connectivity index (χ3v) is 17.5. The van der Waals surface area contributed by atoms with Crippen LogP contribution < -0.4 is 33.2 Å². The molecule has 0 saturated carbocycles. The Hall–Kier alpha value is -13.3. The van der Waals surface area contributed by atoms with Gasteiger partial charge >= 0.3 is 17.9 Å². The number of ether oxygens (including phenoxy) is 3. The molecule has 0 heterocycles. The third-order valence-electron chi connectivity index (χ3n) is 17.5. The Balaban J connectivity index is 0.000000204. The van der Waals surface area contributed by atoms with Gasteiger partial charge in [0.05, 0.1) is 57.2 Å². The molecule has 0 saturated heterocycles. The minimum Gasteiger partial charge on any atom is -0.469 e. The lowest BCUT2D eigenvalue weighted by atomic mass is 9.90. The Kier molecular flexibility index (Phi) is 30.5. The van der Waals surface area contributed by atoms with Crippen LogP contribution in [-0.2, 0) is 54.3 Å². The summed E-state index contributed by atoms with van der Waals surface area (Å²) in [6, 6.07) is 82.9. The van der Waals surface area contributed by atoms with Crippen LogP contribution in [0.2, 0.25) is 0 Å². The standard InChI is InChI=1S/C35H34N2O3.C28H29N3O3.C27H27N3O3/c1-25(36)31-15-9-14-29(23-31)24-32(35(39)40-2)33(21-18-26-10-5-3-6-11-26)37-34(38)30-19-16-28(17-20-30)22-27-12-7-4-8-13-27;1-19-8-6-13-23(16-19)27(32)31-25(15-14-20-9-4-3-5-10-20)24(28(33)34-2)18-21-11-7-12-22(17-21)26(29)30;1-33-27(32)23(18-20-11-8-14-22(17-20)25(28)29)24(16-15-19-9-4-2-5-10-19)30-26(31)21-12-6-3-7-13-21/h3-21,23,32-33H,1,22,24,36H2,2H3,(H,37,38);3-17,24-25H,18H2,1-2H3,(H3,29,30)(H,31,32);2-17,23-24H,18H2,1H3,(H3,28,29)(H,30,31)/b21-18+;15-14+;16-15+. The molecule has 11 N–H and O–H groups in total. The summed E-state index contributed by atoms with van der Waals surface area (Å²) in [6.45, 7) is 5.73. The summed E-state index contributed by atoms with van der Waals surface area (Å²) >= 11 is 0. The molecule has 0 aliphatic rings. The lowest BCUT2D eigenvalue weighted by molar-refractivity contribution is -0.146. The number of aryl methyl sites for hydroxylation is 1. The van der Waals surface area contributed by atoms with Gasteiger partial charge in [0.2, 0.25) is 0 Å². The average Bonchev–Trinajstić information content (AvgIpc) is 0.845. The fraction of sp³-hybridized carbons (Fsp3) is 0.156. The molecule has 0 aliphatic heterocycles. The number of nitrogen functional groups attached to an aromatic ring is 2. The van der Waals surface area contributed by atoms with Crippen molar-refractivity contribution in [1.29, 1.82) is 10.8 Å². The maximum Gasteiger partial charge on any atom is 0.311 e. The van der Waals surface area contributed by atoms with Crippen LogP contribution in [0.25, 0.3) is 23.9 Å². The van der Waals surface area contributed by atoms with Gasteiger partial charge in [-0.05, 0) is 137 Å². The molecule has 0 bridgehead atoms. The van der Waals surface area contributed by atoms with E-state index in [1.165, 1.54) is 26.9 Å². The molecule has 0 spiro atoms. The zero-order valence-electron chi connectivity index (χ0n) is 60.4. The molecule has 10 aromatic rings. The molecule has 544 valence electrons. The van der Waals surface area contributed by atoms with Crippen molar-refractivity contribution in [2.24, 2.45) is 35.0 Å². The minimum atomic E-state index is -0.694. The number of rotatable bonds is 29. The van der Waals surface area contributed by atoms with Crippen molar-refractivity contribution < 1.29 is 43.0 Å². The quantitative estimate of drug-likeness (QED) is 0.00940. The zero-order valence-corrected chi connectivity index (χ0v) is 60.4. The smallest absolute Gasteiger partial charge is 0.311 e. The van der Waals surface area contributed by atoms with Gasteiger partial charge in [0.1, 0.15) is 11.7 Å². The van der Waals surface area contributed by atoms with E-state index in [4.69, 9.17) is 42.2 Å². The Morgan fingerprint density at radius 2 is 0.645 bits per heavy atom. The third kappa shape index (κ3) is 25.3. The van der Waals surface area contributed by atoms with Gasteiger partial charge in [-0.3, -0.25) is 39.6 Å². The van der Waals surface area contributed by atoms with Gasteiger partial charge in [-0.25, -0.2) is 0 Å². The number of nitrogens with two attached hydrogens (primary N) is 3. The Morgan fingerprint density at radius 1 is 0.355 bits per heavy atom. The molecule has 0 aliphatic carbocycles. The van der Waals surface area contributed by atoms with E-state index in [9.17, 15) is 28.8 Å². The van der Waals surface area contributed by atoms with E-state index in [1.54, 1.807) is 72.8 Å². The highest BCUT2D eigenvalue weighted by molar-refractivity contribution is 5.98. The van der Waals surface area contributed by atoms with Crippen molar-refractivity contribution in [3.63, 3.8) is 0 Å². The normalized spacial score (nSPS) is 12.6. The predicted molar refractivity (Wildman–Crippen MR) is 426 cm³/mol. The Morgan fingerprint density at radius 3 is 1.00 bits per heavy atom. The van der Waals surface area contributed by atoms with Crippen LogP contribution in [0, 0.1) is 35.5 Å². The second-order valence-electron chi connectivity index (χ2n) is 25.4. The van der Waals surface area contributed by atoms with Crippen molar-refractivity contribution in [2.75, 3.05) is 21.3 Å². The van der Waals surface area contributed by atoms with E-state index in [1.807, 2.05) is 231 Å². The second kappa shape index (κ2) is 41.1. The van der Waals surface area contributed by atoms with Gasteiger partial charge in [-0.1, -0.05) is 267 Å². The van der Waals surface area contributed by atoms with Crippen molar-refractivity contribution in [3.05, 3.63) is 381 Å². The summed E-state index contributed by atoms with van der Waals surface area (Å²) in [6.07, 6.45) is 12.9. The molecule has 0 radical (unpaired) electrons. The van der Waals surface area contributed by atoms with Crippen LogP contribution >= 0.6 is 0 Å². The molecule has 6 unspecified atom stereocenters.